The van der Waals surface area contributed by atoms with Crippen molar-refractivity contribution in [2.45, 2.75) is 5.92 Å². The van der Waals surface area contributed by atoms with Crippen LogP contribution in [0, 0.1) is 0 Å². The molecule has 2 nitrogen and oxygen atoms in total. The summed E-state index contributed by atoms with van der Waals surface area (Å²) in [6.45, 7) is 0. The Bertz CT molecular complexity index is 715. The van der Waals surface area contributed by atoms with Crippen LogP contribution in [0.25, 0.3) is 12.2 Å². The van der Waals surface area contributed by atoms with E-state index in [-0.39, 0.29) is 17.5 Å². The van der Waals surface area contributed by atoms with Gasteiger partial charge in [-0.1, -0.05) is 42.5 Å². The zero-order valence-corrected chi connectivity index (χ0v) is 9.71. The Balaban J connectivity index is 2.18. The lowest BCUT2D eigenvalue weighted by molar-refractivity contribution is -0.113. The molecule has 0 saturated heterocycles. The molecule has 2 aromatic carbocycles. The summed E-state index contributed by atoms with van der Waals surface area (Å²) >= 11 is 0. The fraction of sp³-hybridized carbons (Fsp3) is 0.0625. The Hall–Kier alpha value is -2.35. The van der Waals surface area contributed by atoms with E-state index in [9.17, 15) is 9.90 Å². The van der Waals surface area contributed by atoms with E-state index in [0.29, 0.717) is 0 Å². The number of ketones is 1. The zero-order chi connectivity index (χ0) is 12.5. The van der Waals surface area contributed by atoms with Gasteiger partial charge in [-0.05, 0) is 34.2 Å². The van der Waals surface area contributed by atoms with Gasteiger partial charge in [-0.3, -0.25) is 4.79 Å². The van der Waals surface area contributed by atoms with Crippen LogP contribution in [0.15, 0.2) is 48.5 Å². The second-order valence-electron chi connectivity index (χ2n) is 4.41. The second kappa shape index (κ2) is 4.15. The standard InChI is InChI=1S/C16H12O2/c17-14-7-6-12-10-16(18)15(9-13(12)8-14)11-4-2-1-3-5-11/h1-10,15,17H. The number of benzene rings is 2. The van der Waals surface area contributed by atoms with Gasteiger partial charge in [0.1, 0.15) is 5.75 Å². The first-order chi connectivity index (χ1) is 8.74. The van der Waals surface area contributed by atoms with Crippen LogP contribution in [0.5, 0.6) is 5.75 Å². The molecule has 0 aliphatic heterocycles. The molecule has 0 aromatic heterocycles. The average Bonchev–Trinajstić information content (AvgIpc) is 2.39. The fourth-order valence-corrected chi connectivity index (χ4v) is 2.26. The lowest BCUT2D eigenvalue weighted by Crippen LogP contribution is -2.31. The Labute approximate surface area is 105 Å². The Morgan fingerprint density at radius 2 is 1.72 bits per heavy atom. The molecule has 0 bridgehead atoms. The summed E-state index contributed by atoms with van der Waals surface area (Å²) < 4.78 is 0. The highest BCUT2D eigenvalue weighted by atomic mass is 16.3. The number of aromatic hydroxyl groups is 1. The maximum atomic E-state index is 12.1. The smallest absolute Gasteiger partial charge is 0.167 e. The molecule has 0 amide bonds. The van der Waals surface area contributed by atoms with Crippen molar-refractivity contribution in [3.63, 3.8) is 0 Å². The quantitative estimate of drug-likeness (QED) is 0.810. The maximum absolute atomic E-state index is 12.1. The van der Waals surface area contributed by atoms with Crippen molar-refractivity contribution in [1.82, 2.24) is 0 Å². The van der Waals surface area contributed by atoms with E-state index < -0.39 is 0 Å². The minimum atomic E-state index is -0.250. The third-order valence-electron chi connectivity index (χ3n) is 3.18. The molecule has 1 atom stereocenters. The van der Waals surface area contributed by atoms with Crippen LogP contribution in [0.1, 0.15) is 11.5 Å². The summed E-state index contributed by atoms with van der Waals surface area (Å²) in [5, 5.41) is 11.3. The summed E-state index contributed by atoms with van der Waals surface area (Å²) in [6, 6.07) is 14.7. The van der Waals surface area contributed by atoms with Crippen LogP contribution in [-0.4, -0.2) is 10.9 Å². The van der Waals surface area contributed by atoms with Gasteiger partial charge in [0.15, 0.2) is 5.78 Å². The molecule has 3 rings (SSSR count). The molecule has 0 radical (unpaired) electrons. The van der Waals surface area contributed by atoms with Gasteiger partial charge in [0.05, 0.1) is 5.92 Å². The molecule has 1 aliphatic carbocycles. The van der Waals surface area contributed by atoms with Crippen LogP contribution < -0.4 is 10.4 Å². The fourth-order valence-electron chi connectivity index (χ4n) is 2.26. The van der Waals surface area contributed by atoms with Crippen LogP contribution >= 0.6 is 0 Å². The lowest BCUT2D eigenvalue weighted by atomic mass is 9.89. The summed E-state index contributed by atoms with van der Waals surface area (Å²) in [7, 11) is 0. The van der Waals surface area contributed by atoms with Crippen LogP contribution in [0.3, 0.4) is 0 Å². The van der Waals surface area contributed by atoms with E-state index in [1.54, 1.807) is 24.3 Å². The average molecular weight is 236 g/mol. The minimum absolute atomic E-state index is 0.0828. The van der Waals surface area contributed by atoms with E-state index in [0.717, 1.165) is 16.0 Å². The minimum Gasteiger partial charge on any atom is -0.508 e. The molecule has 0 fully saturated rings. The SMILES string of the molecule is O=C1C=c2ccc(O)cc2=CC1c1ccccc1. The molecule has 88 valence electrons. The monoisotopic (exact) mass is 236 g/mol. The number of carbonyl (C=O) groups excluding carboxylic acids is 1. The normalized spacial score (nSPS) is 17.6. The van der Waals surface area contributed by atoms with Gasteiger partial charge in [0, 0.05) is 0 Å². The molecule has 18 heavy (non-hydrogen) atoms. The molecule has 1 aliphatic rings. The summed E-state index contributed by atoms with van der Waals surface area (Å²) in [5.41, 5.74) is 0.979. The van der Waals surface area contributed by atoms with E-state index in [4.69, 9.17) is 0 Å². The number of carbonyl (C=O) groups is 1. The van der Waals surface area contributed by atoms with Crippen molar-refractivity contribution in [2.24, 2.45) is 0 Å². The molecular weight excluding hydrogens is 224 g/mol. The van der Waals surface area contributed by atoms with E-state index in [2.05, 4.69) is 0 Å². The summed E-state index contributed by atoms with van der Waals surface area (Å²) in [6.07, 6.45) is 3.55. The molecule has 0 spiro atoms. The van der Waals surface area contributed by atoms with E-state index in [1.807, 2.05) is 36.4 Å². The van der Waals surface area contributed by atoms with Crippen molar-refractivity contribution in [3.8, 4) is 5.75 Å². The number of phenolic OH excluding ortho intramolecular Hbond substituents is 1. The number of Topliss-reactive ketones (excluding diaryl/α,β-unsaturated/α-hetero) is 1. The topological polar surface area (TPSA) is 37.3 Å². The van der Waals surface area contributed by atoms with Crippen LogP contribution in [0.4, 0.5) is 0 Å². The first-order valence-electron chi connectivity index (χ1n) is 5.85. The van der Waals surface area contributed by atoms with Gasteiger partial charge >= 0.3 is 0 Å². The molecule has 1 N–H and O–H groups in total. The largest absolute Gasteiger partial charge is 0.508 e. The lowest BCUT2D eigenvalue weighted by Gasteiger charge is -2.13. The zero-order valence-electron chi connectivity index (χ0n) is 9.71. The number of fused-ring (bicyclic) bond motifs is 1. The van der Waals surface area contributed by atoms with Crippen molar-refractivity contribution in [3.05, 3.63) is 64.5 Å². The number of phenols is 1. The highest BCUT2D eigenvalue weighted by molar-refractivity contribution is 6.14. The number of hydrogen-bond donors (Lipinski definition) is 1. The highest BCUT2D eigenvalue weighted by Crippen LogP contribution is 2.20. The van der Waals surface area contributed by atoms with Crippen molar-refractivity contribution >= 4 is 17.9 Å². The van der Waals surface area contributed by atoms with Crippen molar-refractivity contribution in [1.29, 1.82) is 0 Å². The van der Waals surface area contributed by atoms with E-state index >= 15 is 0 Å². The third-order valence-corrected chi connectivity index (χ3v) is 3.18. The molecule has 0 heterocycles. The van der Waals surface area contributed by atoms with Crippen LogP contribution in [0.2, 0.25) is 0 Å². The highest BCUT2D eigenvalue weighted by Gasteiger charge is 2.18. The van der Waals surface area contributed by atoms with Gasteiger partial charge < -0.3 is 5.11 Å². The van der Waals surface area contributed by atoms with Gasteiger partial charge in [-0.2, -0.15) is 0 Å². The van der Waals surface area contributed by atoms with Crippen molar-refractivity contribution in [2.75, 3.05) is 0 Å². The summed E-state index contributed by atoms with van der Waals surface area (Å²) in [5.74, 6) is 0.0550. The first-order valence-corrected chi connectivity index (χ1v) is 5.85. The molecule has 2 aromatic rings. The molecular formula is C16H12O2. The van der Waals surface area contributed by atoms with Crippen LogP contribution in [-0.2, 0) is 4.79 Å². The number of rotatable bonds is 1. The molecule has 0 saturated carbocycles. The van der Waals surface area contributed by atoms with Crippen molar-refractivity contribution < 1.29 is 9.90 Å². The van der Waals surface area contributed by atoms with Gasteiger partial charge in [0.25, 0.3) is 0 Å². The second-order valence-corrected chi connectivity index (χ2v) is 4.41. The van der Waals surface area contributed by atoms with E-state index in [1.165, 1.54) is 0 Å². The predicted octanol–water partition coefficient (Wildman–Crippen LogP) is 1.32. The van der Waals surface area contributed by atoms with Gasteiger partial charge in [-0.15, -0.1) is 0 Å². The predicted molar refractivity (Wildman–Crippen MR) is 70.5 cm³/mol. The molecule has 1 unspecified atom stereocenters. The Morgan fingerprint density at radius 1 is 0.944 bits per heavy atom. The van der Waals surface area contributed by atoms with Gasteiger partial charge in [-0.25, -0.2) is 0 Å². The maximum Gasteiger partial charge on any atom is 0.167 e. The Morgan fingerprint density at radius 3 is 2.50 bits per heavy atom. The summed E-state index contributed by atoms with van der Waals surface area (Å²) in [4.78, 5) is 12.1. The third kappa shape index (κ3) is 1.82. The molecule has 2 heteroatoms. The Kier molecular flexibility index (Phi) is 2.49. The first kappa shape index (κ1) is 10.8. The number of hydrogen-bond acceptors (Lipinski definition) is 2. The van der Waals surface area contributed by atoms with Gasteiger partial charge in [0.2, 0.25) is 0 Å².